The Morgan fingerprint density at radius 3 is 2.26 bits per heavy atom. The molecule has 4 aromatic rings. The van der Waals surface area contributed by atoms with E-state index in [4.69, 9.17) is 25.8 Å². The fourth-order valence-corrected chi connectivity index (χ4v) is 4.46. The van der Waals surface area contributed by atoms with Gasteiger partial charge in [-0.25, -0.2) is 5.43 Å². The molecule has 1 amide bonds. The van der Waals surface area contributed by atoms with Crippen molar-refractivity contribution in [3.8, 4) is 34.3 Å². The van der Waals surface area contributed by atoms with Crippen LogP contribution in [0.2, 0.25) is 5.02 Å². The molecule has 0 bridgehead atoms. The summed E-state index contributed by atoms with van der Waals surface area (Å²) in [5.74, 6) is 1.88. The highest BCUT2D eigenvalue weighted by Crippen LogP contribution is 2.37. The minimum absolute atomic E-state index is 0.0806. The van der Waals surface area contributed by atoms with Crippen LogP contribution in [0.1, 0.15) is 11.1 Å². The molecule has 4 rings (SSSR count). The molecule has 0 aliphatic heterocycles. The van der Waals surface area contributed by atoms with Crippen molar-refractivity contribution in [3.63, 3.8) is 0 Å². The van der Waals surface area contributed by atoms with Crippen LogP contribution >= 0.6 is 23.4 Å². The Kier molecular flexibility index (Phi) is 8.88. The lowest BCUT2D eigenvalue weighted by Crippen LogP contribution is -2.20. The molecular formula is C27H26ClN5O4S. The van der Waals surface area contributed by atoms with Crippen LogP contribution in [0, 0.1) is 6.92 Å². The van der Waals surface area contributed by atoms with Gasteiger partial charge in [0.15, 0.2) is 22.5 Å². The number of halogens is 1. The minimum Gasteiger partial charge on any atom is -0.493 e. The average molecular weight is 552 g/mol. The first-order valence-corrected chi connectivity index (χ1v) is 12.8. The number of benzene rings is 3. The Balaban J connectivity index is 1.49. The van der Waals surface area contributed by atoms with Gasteiger partial charge in [0.25, 0.3) is 5.91 Å². The molecule has 0 aliphatic rings. The number of hydrazone groups is 1. The zero-order valence-corrected chi connectivity index (χ0v) is 22.8. The zero-order valence-electron chi connectivity index (χ0n) is 21.3. The Bertz CT molecular complexity index is 1410. The lowest BCUT2D eigenvalue weighted by molar-refractivity contribution is -0.118. The van der Waals surface area contributed by atoms with Crippen molar-refractivity contribution in [1.29, 1.82) is 0 Å². The molecule has 1 aromatic heterocycles. The number of aromatic nitrogens is 3. The summed E-state index contributed by atoms with van der Waals surface area (Å²) in [5.41, 5.74) is 6.08. The Hall–Kier alpha value is -4.02. The van der Waals surface area contributed by atoms with E-state index in [-0.39, 0.29) is 11.7 Å². The van der Waals surface area contributed by atoms with Gasteiger partial charge in [0.05, 0.1) is 33.3 Å². The molecule has 1 N–H and O–H groups in total. The normalized spacial score (nSPS) is 11.0. The van der Waals surface area contributed by atoms with Crippen molar-refractivity contribution in [1.82, 2.24) is 20.2 Å². The van der Waals surface area contributed by atoms with Crippen LogP contribution in [0.15, 0.2) is 70.9 Å². The third kappa shape index (κ3) is 6.27. The maximum absolute atomic E-state index is 12.6. The van der Waals surface area contributed by atoms with Gasteiger partial charge in [0.2, 0.25) is 5.75 Å². The molecule has 38 heavy (non-hydrogen) atoms. The van der Waals surface area contributed by atoms with E-state index < -0.39 is 0 Å². The lowest BCUT2D eigenvalue weighted by Gasteiger charge is -2.12. The molecular weight excluding hydrogens is 526 g/mol. The van der Waals surface area contributed by atoms with Crippen LogP contribution < -0.4 is 19.6 Å². The monoisotopic (exact) mass is 551 g/mol. The van der Waals surface area contributed by atoms with Gasteiger partial charge in [0, 0.05) is 21.8 Å². The van der Waals surface area contributed by atoms with Crippen LogP contribution in [-0.4, -0.2) is 54.0 Å². The van der Waals surface area contributed by atoms with Gasteiger partial charge in [-0.2, -0.15) is 5.10 Å². The first kappa shape index (κ1) is 27.0. The first-order chi connectivity index (χ1) is 18.4. The minimum atomic E-state index is -0.301. The fraction of sp³-hybridized carbons (Fsp3) is 0.185. The molecule has 196 valence electrons. The number of nitrogens with one attached hydrogen (secondary N) is 1. The summed E-state index contributed by atoms with van der Waals surface area (Å²) in [6.07, 6.45) is 1.50. The molecule has 0 atom stereocenters. The van der Waals surface area contributed by atoms with Gasteiger partial charge in [0.1, 0.15) is 0 Å². The van der Waals surface area contributed by atoms with Crippen LogP contribution in [0.3, 0.4) is 0 Å². The topological polar surface area (TPSA) is 99.9 Å². The fourth-order valence-electron chi connectivity index (χ4n) is 3.59. The molecule has 0 radical (unpaired) electrons. The molecule has 9 nitrogen and oxygen atoms in total. The van der Waals surface area contributed by atoms with Gasteiger partial charge >= 0.3 is 0 Å². The number of methoxy groups -OCH3 is 3. The van der Waals surface area contributed by atoms with E-state index in [1.165, 1.54) is 39.3 Å². The van der Waals surface area contributed by atoms with Crippen LogP contribution in [-0.2, 0) is 4.79 Å². The number of aryl methyl sites for hydroxylation is 1. The summed E-state index contributed by atoms with van der Waals surface area (Å²) in [4.78, 5) is 12.6. The number of nitrogens with zero attached hydrogens (tertiary/aromatic N) is 4. The summed E-state index contributed by atoms with van der Waals surface area (Å²) in [5, 5.41) is 14.0. The Morgan fingerprint density at radius 2 is 1.66 bits per heavy atom. The van der Waals surface area contributed by atoms with Crippen molar-refractivity contribution >= 4 is 35.5 Å². The summed E-state index contributed by atoms with van der Waals surface area (Å²) in [7, 11) is 4.60. The Labute approximate surface area is 229 Å². The smallest absolute Gasteiger partial charge is 0.250 e. The molecule has 0 aliphatic carbocycles. The van der Waals surface area contributed by atoms with Crippen molar-refractivity contribution < 1.29 is 19.0 Å². The Morgan fingerprint density at radius 1 is 1.00 bits per heavy atom. The number of rotatable bonds is 10. The highest BCUT2D eigenvalue weighted by molar-refractivity contribution is 7.99. The van der Waals surface area contributed by atoms with E-state index in [0.29, 0.717) is 38.8 Å². The van der Waals surface area contributed by atoms with Crippen molar-refractivity contribution in [2.75, 3.05) is 27.1 Å². The SMILES string of the molecule is COc1cc(/C=N/NC(=O)CSc2nnc(-c3ccc(Cl)cc3)n2-c2ccc(C)cc2)cc(OC)c1OC. The van der Waals surface area contributed by atoms with Crippen LogP contribution in [0.4, 0.5) is 0 Å². The quantitative estimate of drug-likeness (QED) is 0.165. The summed E-state index contributed by atoms with van der Waals surface area (Å²) >= 11 is 7.32. The van der Waals surface area contributed by atoms with E-state index in [1.807, 2.05) is 47.9 Å². The predicted octanol–water partition coefficient (Wildman–Crippen LogP) is 5.16. The van der Waals surface area contributed by atoms with Gasteiger partial charge < -0.3 is 14.2 Å². The van der Waals surface area contributed by atoms with Gasteiger partial charge in [-0.3, -0.25) is 9.36 Å². The third-order valence-electron chi connectivity index (χ3n) is 5.45. The molecule has 0 saturated carbocycles. The highest BCUT2D eigenvalue weighted by atomic mass is 35.5. The second kappa shape index (κ2) is 12.5. The number of carbonyl (C=O) groups excluding carboxylic acids is 1. The zero-order chi connectivity index (χ0) is 27.1. The maximum Gasteiger partial charge on any atom is 0.250 e. The molecule has 0 fully saturated rings. The summed E-state index contributed by atoms with van der Waals surface area (Å²) < 4.78 is 17.9. The van der Waals surface area contributed by atoms with Crippen molar-refractivity contribution in [2.45, 2.75) is 12.1 Å². The van der Waals surface area contributed by atoms with E-state index in [0.717, 1.165) is 16.8 Å². The first-order valence-electron chi connectivity index (χ1n) is 11.5. The average Bonchev–Trinajstić information content (AvgIpc) is 3.36. The van der Waals surface area contributed by atoms with Gasteiger partial charge in [-0.15, -0.1) is 10.2 Å². The molecule has 11 heteroatoms. The van der Waals surface area contributed by atoms with Gasteiger partial charge in [-0.05, 0) is 55.5 Å². The second-order valence-electron chi connectivity index (χ2n) is 8.02. The van der Waals surface area contributed by atoms with Crippen LogP contribution in [0.5, 0.6) is 17.2 Å². The van der Waals surface area contributed by atoms with Gasteiger partial charge in [-0.1, -0.05) is 41.1 Å². The van der Waals surface area contributed by atoms with E-state index in [1.54, 1.807) is 24.3 Å². The molecule has 3 aromatic carbocycles. The molecule has 0 saturated heterocycles. The van der Waals surface area contributed by atoms with Crippen molar-refractivity contribution in [2.24, 2.45) is 5.10 Å². The lowest BCUT2D eigenvalue weighted by atomic mass is 10.2. The number of hydrogen-bond donors (Lipinski definition) is 1. The number of thioether (sulfide) groups is 1. The molecule has 0 spiro atoms. The standard InChI is InChI=1S/C27H26ClN5O4S/c1-17-5-11-21(12-6-17)33-26(19-7-9-20(28)10-8-19)31-32-27(33)38-16-24(34)30-29-15-18-13-22(35-2)25(37-4)23(14-18)36-3/h5-15H,16H2,1-4H3,(H,30,34)/b29-15+. The van der Waals surface area contributed by atoms with Crippen molar-refractivity contribution in [3.05, 3.63) is 76.8 Å². The third-order valence-corrected chi connectivity index (χ3v) is 6.63. The predicted molar refractivity (Wildman–Crippen MR) is 149 cm³/mol. The van der Waals surface area contributed by atoms with E-state index >= 15 is 0 Å². The summed E-state index contributed by atoms with van der Waals surface area (Å²) in [6, 6.07) is 18.8. The largest absolute Gasteiger partial charge is 0.493 e. The van der Waals surface area contributed by atoms with E-state index in [9.17, 15) is 4.79 Å². The number of amides is 1. The summed E-state index contributed by atoms with van der Waals surface area (Å²) in [6.45, 7) is 2.02. The number of ether oxygens (including phenoxy) is 3. The molecule has 1 heterocycles. The second-order valence-corrected chi connectivity index (χ2v) is 9.40. The van der Waals surface area contributed by atoms with E-state index in [2.05, 4.69) is 20.7 Å². The number of carbonyl (C=O) groups is 1. The molecule has 0 unspecified atom stereocenters. The maximum atomic E-state index is 12.6. The van der Waals surface area contributed by atoms with Crippen LogP contribution in [0.25, 0.3) is 17.1 Å². The highest BCUT2D eigenvalue weighted by Gasteiger charge is 2.17. The number of hydrogen-bond acceptors (Lipinski definition) is 8.